The minimum atomic E-state index is -0.674. The Morgan fingerprint density at radius 1 is 0.897 bits per heavy atom. The number of amides is 2. The maximum Gasteiger partial charge on any atom is 0.265 e. The Labute approximate surface area is 170 Å². The Morgan fingerprint density at radius 2 is 1.55 bits per heavy atom. The first-order valence-electron chi connectivity index (χ1n) is 9.41. The summed E-state index contributed by atoms with van der Waals surface area (Å²) in [4.78, 5) is 25.5. The topological polar surface area (TPSA) is 58.6 Å². The average Bonchev–Trinajstić information content (AvgIpc) is 2.74. The molecule has 5 heteroatoms. The number of hydrogen-bond acceptors (Lipinski definition) is 3. The van der Waals surface area contributed by atoms with Gasteiger partial charge < -0.3 is 15.0 Å². The number of rotatable bonds is 6. The van der Waals surface area contributed by atoms with Gasteiger partial charge in [0.25, 0.3) is 5.91 Å². The minimum absolute atomic E-state index is 0.0795. The normalized spacial score (nSPS) is 11.4. The number of nitrogens with one attached hydrogen (secondary N) is 1. The molecule has 0 saturated heterocycles. The molecule has 1 unspecified atom stereocenters. The molecule has 0 aliphatic carbocycles. The molecule has 5 nitrogen and oxygen atoms in total. The lowest BCUT2D eigenvalue weighted by Gasteiger charge is -2.18. The molecule has 0 bridgehead atoms. The molecule has 0 spiro atoms. The summed E-state index contributed by atoms with van der Waals surface area (Å²) in [7, 11) is 1.69. The van der Waals surface area contributed by atoms with Gasteiger partial charge in [0.2, 0.25) is 5.91 Å². The molecule has 0 saturated carbocycles. The van der Waals surface area contributed by atoms with Gasteiger partial charge in [-0.05, 0) is 48.4 Å². The van der Waals surface area contributed by atoms with E-state index in [0.29, 0.717) is 17.1 Å². The highest BCUT2D eigenvalue weighted by Gasteiger charge is 2.16. The van der Waals surface area contributed by atoms with Gasteiger partial charge in [0.15, 0.2) is 6.10 Å². The van der Waals surface area contributed by atoms with Crippen molar-refractivity contribution in [2.24, 2.45) is 0 Å². The van der Waals surface area contributed by atoms with Crippen LogP contribution in [0.3, 0.4) is 0 Å². The van der Waals surface area contributed by atoms with Gasteiger partial charge in [-0.3, -0.25) is 9.59 Å². The zero-order chi connectivity index (χ0) is 20.8. The summed E-state index contributed by atoms with van der Waals surface area (Å²) in [6.45, 7) is 3.19. The number of carbonyl (C=O) groups is 2. The molecule has 0 radical (unpaired) electrons. The standard InChI is InChI=1S/C24H24N2O3/c1-17(24(28)25-21-10-7-11-22(16-21)26(3)18(2)27)29-23-14-12-20(13-15-23)19-8-5-4-6-9-19/h4-17H,1-3H3,(H,25,28). The zero-order valence-corrected chi connectivity index (χ0v) is 16.8. The van der Waals surface area contributed by atoms with Gasteiger partial charge in [0.1, 0.15) is 5.75 Å². The van der Waals surface area contributed by atoms with Crippen LogP contribution in [0.5, 0.6) is 5.75 Å². The van der Waals surface area contributed by atoms with Crippen LogP contribution in [0.1, 0.15) is 13.8 Å². The highest BCUT2D eigenvalue weighted by molar-refractivity contribution is 5.96. The number of anilines is 2. The predicted molar refractivity (Wildman–Crippen MR) is 116 cm³/mol. The maximum atomic E-state index is 12.5. The fraction of sp³-hybridized carbons (Fsp3) is 0.167. The summed E-state index contributed by atoms with van der Waals surface area (Å²) in [5.41, 5.74) is 3.53. The van der Waals surface area contributed by atoms with Crippen molar-refractivity contribution in [1.82, 2.24) is 0 Å². The number of carbonyl (C=O) groups excluding carboxylic acids is 2. The van der Waals surface area contributed by atoms with Crippen LogP contribution in [0.15, 0.2) is 78.9 Å². The summed E-state index contributed by atoms with van der Waals surface area (Å²) in [6.07, 6.45) is -0.674. The quantitative estimate of drug-likeness (QED) is 0.663. The third-order valence-corrected chi connectivity index (χ3v) is 4.62. The lowest BCUT2D eigenvalue weighted by molar-refractivity contribution is -0.122. The van der Waals surface area contributed by atoms with E-state index < -0.39 is 6.10 Å². The monoisotopic (exact) mass is 388 g/mol. The molecule has 3 rings (SSSR count). The van der Waals surface area contributed by atoms with Gasteiger partial charge in [-0.15, -0.1) is 0 Å². The van der Waals surface area contributed by atoms with E-state index in [2.05, 4.69) is 5.32 Å². The first-order chi connectivity index (χ1) is 13.9. The van der Waals surface area contributed by atoms with E-state index in [4.69, 9.17) is 4.74 Å². The van der Waals surface area contributed by atoms with E-state index in [0.717, 1.165) is 11.1 Å². The van der Waals surface area contributed by atoms with E-state index in [9.17, 15) is 9.59 Å². The van der Waals surface area contributed by atoms with Crippen LogP contribution < -0.4 is 15.0 Å². The molecule has 148 valence electrons. The molecule has 1 N–H and O–H groups in total. The van der Waals surface area contributed by atoms with Crippen LogP contribution in [0, 0.1) is 0 Å². The van der Waals surface area contributed by atoms with Gasteiger partial charge in [-0.25, -0.2) is 0 Å². The number of hydrogen-bond donors (Lipinski definition) is 1. The first kappa shape index (κ1) is 20.1. The van der Waals surface area contributed by atoms with Crippen LogP contribution in [0.25, 0.3) is 11.1 Å². The smallest absolute Gasteiger partial charge is 0.265 e. The summed E-state index contributed by atoms with van der Waals surface area (Å²) in [5.74, 6) is 0.279. The van der Waals surface area contributed by atoms with Crippen molar-refractivity contribution in [1.29, 1.82) is 0 Å². The molecular weight excluding hydrogens is 364 g/mol. The van der Waals surface area contributed by atoms with Crippen molar-refractivity contribution in [2.75, 3.05) is 17.3 Å². The summed E-state index contributed by atoms with van der Waals surface area (Å²) in [6, 6.07) is 24.8. The predicted octanol–water partition coefficient (Wildman–Crippen LogP) is 4.74. The van der Waals surface area contributed by atoms with Gasteiger partial charge in [-0.1, -0.05) is 48.5 Å². The molecule has 1 atom stereocenters. The second-order valence-electron chi connectivity index (χ2n) is 6.77. The van der Waals surface area contributed by atoms with Crippen LogP contribution in [0.4, 0.5) is 11.4 Å². The van der Waals surface area contributed by atoms with Crippen molar-refractivity contribution >= 4 is 23.2 Å². The number of ether oxygens (including phenoxy) is 1. The van der Waals surface area contributed by atoms with Gasteiger partial charge in [0, 0.05) is 25.3 Å². The van der Waals surface area contributed by atoms with Crippen molar-refractivity contribution in [3.8, 4) is 16.9 Å². The molecule has 29 heavy (non-hydrogen) atoms. The molecule has 0 heterocycles. The van der Waals surface area contributed by atoms with Gasteiger partial charge >= 0.3 is 0 Å². The molecule has 0 fully saturated rings. The fourth-order valence-electron chi connectivity index (χ4n) is 2.83. The zero-order valence-electron chi connectivity index (χ0n) is 16.8. The third kappa shape index (κ3) is 5.23. The van der Waals surface area contributed by atoms with Crippen molar-refractivity contribution in [3.05, 3.63) is 78.9 Å². The lowest BCUT2D eigenvalue weighted by Crippen LogP contribution is -2.30. The molecule has 0 aliphatic heterocycles. The molecule has 2 amide bonds. The average molecular weight is 388 g/mol. The molecule has 3 aromatic carbocycles. The molecule has 0 aliphatic rings. The van der Waals surface area contributed by atoms with Crippen molar-refractivity contribution in [3.63, 3.8) is 0 Å². The van der Waals surface area contributed by atoms with Crippen molar-refractivity contribution in [2.45, 2.75) is 20.0 Å². The summed E-state index contributed by atoms with van der Waals surface area (Å²) >= 11 is 0. The van der Waals surface area contributed by atoms with Crippen LogP contribution in [-0.2, 0) is 9.59 Å². The Bertz CT molecular complexity index is 985. The molecule has 0 aromatic heterocycles. The van der Waals surface area contributed by atoms with E-state index >= 15 is 0 Å². The highest BCUT2D eigenvalue weighted by Crippen LogP contribution is 2.23. The largest absolute Gasteiger partial charge is 0.481 e. The third-order valence-electron chi connectivity index (χ3n) is 4.62. The minimum Gasteiger partial charge on any atom is -0.481 e. The summed E-state index contributed by atoms with van der Waals surface area (Å²) < 4.78 is 5.78. The lowest BCUT2D eigenvalue weighted by atomic mass is 10.1. The highest BCUT2D eigenvalue weighted by atomic mass is 16.5. The number of benzene rings is 3. The Morgan fingerprint density at radius 3 is 2.21 bits per heavy atom. The van der Waals surface area contributed by atoms with E-state index in [1.807, 2.05) is 60.7 Å². The molecular formula is C24H24N2O3. The second kappa shape index (κ2) is 9.06. The van der Waals surface area contributed by atoms with Gasteiger partial charge in [0.05, 0.1) is 0 Å². The first-order valence-corrected chi connectivity index (χ1v) is 9.41. The Balaban J connectivity index is 1.62. The van der Waals surface area contributed by atoms with E-state index in [1.54, 1.807) is 32.2 Å². The summed E-state index contributed by atoms with van der Waals surface area (Å²) in [5, 5.41) is 2.83. The second-order valence-corrected chi connectivity index (χ2v) is 6.77. The Kier molecular flexibility index (Phi) is 6.29. The van der Waals surface area contributed by atoms with E-state index in [1.165, 1.54) is 11.8 Å². The van der Waals surface area contributed by atoms with Crippen LogP contribution >= 0.6 is 0 Å². The maximum absolute atomic E-state index is 12.5. The van der Waals surface area contributed by atoms with Crippen molar-refractivity contribution < 1.29 is 14.3 Å². The van der Waals surface area contributed by atoms with Gasteiger partial charge in [-0.2, -0.15) is 0 Å². The fourth-order valence-corrected chi connectivity index (χ4v) is 2.83. The van der Waals surface area contributed by atoms with Crippen LogP contribution in [-0.4, -0.2) is 25.0 Å². The number of nitrogens with zero attached hydrogens (tertiary/aromatic N) is 1. The molecule has 3 aromatic rings. The van der Waals surface area contributed by atoms with Crippen LogP contribution in [0.2, 0.25) is 0 Å². The van der Waals surface area contributed by atoms with E-state index in [-0.39, 0.29) is 11.8 Å². The SMILES string of the molecule is CC(=O)N(C)c1cccc(NC(=O)C(C)Oc2ccc(-c3ccccc3)cc2)c1. The Hall–Kier alpha value is -3.60.